The lowest BCUT2D eigenvalue weighted by molar-refractivity contribution is -0.388. The molecule has 0 aliphatic heterocycles. The average Bonchev–Trinajstić information content (AvgIpc) is 2.44. The van der Waals surface area contributed by atoms with Crippen molar-refractivity contribution in [2.24, 2.45) is 0 Å². The van der Waals surface area contributed by atoms with Crippen LogP contribution in [0.15, 0.2) is 41.4 Å². The lowest BCUT2D eigenvalue weighted by Gasteiger charge is -2.05. The zero-order valence-corrected chi connectivity index (χ0v) is 12.1. The van der Waals surface area contributed by atoms with Crippen molar-refractivity contribution in [3.63, 3.8) is 0 Å². The molecule has 1 aromatic carbocycles. The molecule has 104 valence electrons. The van der Waals surface area contributed by atoms with E-state index >= 15 is 0 Å². The van der Waals surface area contributed by atoms with Crippen molar-refractivity contribution >= 4 is 29.1 Å². The third kappa shape index (κ3) is 3.61. The smallest absolute Gasteiger partial charge is 0.301 e. The van der Waals surface area contributed by atoms with Crippen LogP contribution in [0.2, 0.25) is 5.02 Å². The molecule has 0 spiro atoms. The Hall–Kier alpha value is -1.79. The number of methoxy groups -OCH3 is 1. The number of aromatic nitrogens is 1. The summed E-state index contributed by atoms with van der Waals surface area (Å²) in [4.78, 5) is 14.6. The van der Waals surface area contributed by atoms with Gasteiger partial charge in [0.25, 0.3) is 0 Å². The first-order chi connectivity index (χ1) is 9.60. The van der Waals surface area contributed by atoms with Crippen LogP contribution in [0, 0.1) is 10.1 Å². The first kappa shape index (κ1) is 14.6. The molecule has 0 unspecified atom stereocenters. The average molecular weight is 311 g/mol. The normalized spacial score (nSPS) is 10.3. The van der Waals surface area contributed by atoms with Gasteiger partial charge in [0, 0.05) is 22.9 Å². The Labute approximate surface area is 125 Å². The monoisotopic (exact) mass is 310 g/mol. The molecule has 0 bridgehead atoms. The number of nitro groups is 1. The molecule has 0 atom stereocenters. The zero-order chi connectivity index (χ0) is 14.5. The summed E-state index contributed by atoms with van der Waals surface area (Å²) in [6.45, 7) is 0. The topological polar surface area (TPSA) is 65.3 Å². The third-order valence-corrected chi connectivity index (χ3v) is 3.77. The minimum atomic E-state index is -0.452. The van der Waals surface area contributed by atoms with Crippen molar-refractivity contribution < 1.29 is 9.66 Å². The van der Waals surface area contributed by atoms with Gasteiger partial charge in [0.05, 0.1) is 12.0 Å². The zero-order valence-electron chi connectivity index (χ0n) is 10.6. The quantitative estimate of drug-likeness (QED) is 0.475. The van der Waals surface area contributed by atoms with E-state index in [0.29, 0.717) is 21.7 Å². The molecule has 20 heavy (non-hydrogen) atoms. The standard InChI is InChI=1S/C13H11ClN2O3S/c1-19-12-6-5-11(16(17)18)13(15-12)20-8-9-3-2-4-10(14)7-9/h2-7H,8H2,1H3. The Morgan fingerprint density at radius 1 is 1.40 bits per heavy atom. The maximum Gasteiger partial charge on any atom is 0.301 e. The second kappa shape index (κ2) is 6.58. The Morgan fingerprint density at radius 2 is 2.20 bits per heavy atom. The molecule has 2 aromatic rings. The minimum absolute atomic E-state index is 0.0298. The maximum atomic E-state index is 11.0. The van der Waals surface area contributed by atoms with Crippen molar-refractivity contribution in [1.29, 1.82) is 0 Å². The van der Waals surface area contributed by atoms with Crippen LogP contribution in [0.1, 0.15) is 5.56 Å². The van der Waals surface area contributed by atoms with Gasteiger partial charge in [-0.15, -0.1) is 0 Å². The van der Waals surface area contributed by atoms with E-state index in [2.05, 4.69) is 4.98 Å². The van der Waals surface area contributed by atoms with E-state index in [4.69, 9.17) is 16.3 Å². The Morgan fingerprint density at radius 3 is 2.85 bits per heavy atom. The largest absolute Gasteiger partial charge is 0.481 e. The molecular weight excluding hydrogens is 300 g/mol. The fourth-order valence-corrected chi connectivity index (χ4v) is 2.69. The number of thioether (sulfide) groups is 1. The molecule has 1 aromatic heterocycles. The van der Waals surface area contributed by atoms with Gasteiger partial charge in [-0.2, -0.15) is 4.98 Å². The van der Waals surface area contributed by atoms with Gasteiger partial charge in [-0.05, 0) is 17.7 Å². The predicted molar refractivity (Wildman–Crippen MR) is 78.5 cm³/mol. The highest BCUT2D eigenvalue weighted by atomic mass is 35.5. The number of rotatable bonds is 5. The highest BCUT2D eigenvalue weighted by molar-refractivity contribution is 7.98. The summed E-state index contributed by atoms with van der Waals surface area (Å²) in [6.07, 6.45) is 0. The molecule has 1 heterocycles. The molecule has 0 amide bonds. The van der Waals surface area contributed by atoms with E-state index in [1.165, 1.54) is 31.0 Å². The molecule has 0 saturated heterocycles. The van der Waals surface area contributed by atoms with Crippen LogP contribution in [0.5, 0.6) is 5.88 Å². The van der Waals surface area contributed by atoms with Crippen LogP contribution in [-0.4, -0.2) is 17.0 Å². The summed E-state index contributed by atoms with van der Waals surface area (Å²) in [5.41, 5.74) is 0.944. The van der Waals surface area contributed by atoms with E-state index in [1.807, 2.05) is 18.2 Å². The maximum absolute atomic E-state index is 11.0. The van der Waals surface area contributed by atoms with Crippen LogP contribution in [0.4, 0.5) is 5.69 Å². The van der Waals surface area contributed by atoms with Gasteiger partial charge < -0.3 is 4.74 Å². The Kier molecular flexibility index (Phi) is 4.81. The highest BCUT2D eigenvalue weighted by Crippen LogP contribution is 2.31. The first-order valence-corrected chi connectivity index (χ1v) is 7.03. The second-order valence-corrected chi connectivity index (χ2v) is 5.25. The van der Waals surface area contributed by atoms with Gasteiger partial charge in [-0.1, -0.05) is 35.5 Å². The molecule has 0 saturated carbocycles. The number of nitrogens with zero attached hydrogens (tertiary/aromatic N) is 2. The molecule has 5 nitrogen and oxygen atoms in total. The van der Waals surface area contributed by atoms with Crippen molar-refractivity contribution in [2.45, 2.75) is 10.8 Å². The Bertz CT molecular complexity index is 637. The predicted octanol–water partition coefficient (Wildman–Crippen LogP) is 3.94. The second-order valence-electron chi connectivity index (χ2n) is 3.85. The fourth-order valence-electron chi connectivity index (χ4n) is 1.55. The lowest BCUT2D eigenvalue weighted by Crippen LogP contribution is -1.96. The summed E-state index contributed by atoms with van der Waals surface area (Å²) < 4.78 is 4.99. The van der Waals surface area contributed by atoms with E-state index in [0.717, 1.165) is 5.56 Å². The molecule has 0 N–H and O–H groups in total. The number of ether oxygens (including phenoxy) is 1. The lowest BCUT2D eigenvalue weighted by atomic mass is 10.2. The van der Waals surface area contributed by atoms with E-state index in [-0.39, 0.29) is 5.69 Å². The van der Waals surface area contributed by atoms with E-state index in [1.54, 1.807) is 6.07 Å². The van der Waals surface area contributed by atoms with Gasteiger partial charge in [-0.25, -0.2) is 0 Å². The van der Waals surface area contributed by atoms with Crippen LogP contribution in [0.3, 0.4) is 0 Å². The molecule has 2 rings (SSSR count). The summed E-state index contributed by atoms with van der Waals surface area (Å²) in [5.74, 6) is 0.894. The van der Waals surface area contributed by atoms with Crippen molar-refractivity contribution in [2.75, 3.05) is 7.11 Å². The molecular formula is C13H11ClN2O3S. The summed E-state index contributed by atoms with van der Waals surface area (Å²) in [7, 11) is 1.47. The molecule has 0 fully saturated rings. The minimum Gasteiger partial charge on any atom is -0.481 e. The number of hydrogen-bond acceptors (Lipinski definition) is 5. The van der Waals surface area contributed by atoms with Gasteiger partial charge in [0.1, 0.15) is 0 Å². The molecule has 0 radical (unpaired) electrons. The number of hydrogen-bond donors (Lipinski definition) is 0. The molecule has 0 aliphatic rings. The van der Waals surface area contributed by atoms with Gasteiger partial charge in [0.2, 0.25) is 5.88 Å². The van der Waals surface area contributed by atoms with Crippen molar-refractivity contribution in [3.8, 4) is 5.88 Å². The number of halogens is 1. The summed E-state index contributed by atoms with van der Waals surface area (Å²) in [6, 6.07) is 10.2. The number of benzene rings is 1. The highest BCUT2D eigenvalue weighted by Gasteiger charge is 2.17. The van der Waals surface area contributed by atoms with Gasteiger partial charge >= 0.3 is 5.69 Å². The SMILES string of the molecule is COc1ccc([N+](=O)[O-])c(SCc2cccc(Cl)c2)n1. The van der Waals surface area contributed by atoms with Crippen LogP contribution in [0.25, 0.3) is 0 Å². The Balaban J connectivity index is 2.21. The van der Waals surface area contributed by atoms with Crippen molar-refractivity contribution in [3.05, 3.63) is 57.1 Å². The molecule has 7 heteroatoms. The molecule has 0 aliphatic carbocycles. The van der Waals surface area contributed by atoms with Gasteiger partial charge in [-0.3, -0.25) is 10.1 Å². The van der Waals surface area contributed by atoms with Crippen molar-refractivity contribution in [1.82, 2.24) is 4.98 Å². The van der Waals surface area contributed by atoms with E-state index in [9.17, 15) is 10.1 Å². The van der Waals surface area contributed by atoms with E-state index < -0.39 is 4.92 Å². The van der Waals surface area contributed by atoms with Crippen LogP contribution < -0.4 is 4.74 Å². The third-order valence-electron chi connectivity index (χ3n) is 2.49. The van der Waals surface area contributed by atoms with Crippen LogP contribution >= 0.6 is 23.4 Å². The van der Waals surface area contributed by atoms with Gasteiger partial charge in [0.15, 0.2) is 5.03 Å². The first-order valence-electron chi connectivity index (χ1n) is 5.67. The fraction of sp³-hybridized carbons (Fsp3) is 0.154. The number of pyridine rings is 1. The summed E-state index contributed by atoms with van der Waals surface area (Å²) >= 11 is 7.18. The van der Waals surface area contributed by atoms with Crippen LogP contribution in [-0.2, 0) is 5.75 Å². The summed E-state index contributed by atoms with van der Waals surface area (Å²) in [5, 5.41) is 11.9.